The molecule has 1 nitrogen and oxygen atoms in total. The van der Waals surface area contributed by atoms with Crippen molar-refractivity contribution in [3.63, 3.8) is 0 Å². The molecule has 2 aromatic rings. The first-order chi connectivity index (χ1) is 10.2. The Bertz CT molecular complexity index is 546. The van der Waals surface area contributed by atoms with Gasteiger partial charge < -0.3 is 5.32 Å². The van der Waals surface area contributed by atoms with Crippen LogP contribution in [-0.4, -0.2) is 6.04 Å². The van der Waals surface area contributed by atoms with Crippen LogP contribution in [0.15, 0.2) is 42.5 Å². The van der Waals surface area contributed by atoms with E-state index >= 15 is 0 Å². The summed E-state index contributed by atoms with van der Waals surface area (Å²) in [5.41, 5.74) is 1.38. The summed E-state index contributed by atoms with van der Waals surface area (Å²) in [4.78, 5) is 0. The highest BCUT2D eigenvalue weighted by Crippen LogP contribution is 2.21. The number of benzene rings is 2. The van der Waals surface area contributed by atoms with E-state index in [4.69, 9.17) is 0 Å². The minimum atomic E-state index is 0.413. The standard InChI is InChI=1S/C20H29N/c1-4-5-6-7-10-16(2)21-17(3)19-14-13-18-11-8-9-12-20(18)15-19/h8-9,11-17,21H,4-7,10H2,1-3H3. The van der Waals surface area contributed by atoms with E-state index in [0.29, 0.717) is 12.1 Å². The molecule has 0 spiro atoms. The van der Waals surface area contributed by atoms with Crippen molar-refractivity contribution in [2.24, 2.45) is 0 Å². The molecule has 2 aromatic carbocycles. The second-order valence-electron chi connectivity index (χ2n) is 6.25. The molecule has 0 aliphatic rings. The molecule has 0 aliphatic carbocycles. The monoisotopic (exact) mass is 283 g/mol. The van der Waals surface area contributed by atoms with Crippen LogP contribution < -0.4 is 5.32 Å². The molecule has 2 rings (SSSR count). The van der Waals surface area contributed by atoms with Crippen molar-refractivity contribution in [1.82, 2.24) is 5.32 Å². The van der Waals surface area contributed by atoms with Crippen LogP contribution in [0.5, 0.6) is 0 Å². The van der Waals surface area contributed by atoms with Crippen molar-refractivity contribution < 1.29 is 0 Å². The van der Waals surface area contributed by atoms with Gasteiger partial charge in [0.1, 0.15) is 0 Å². The smallest absolute Gasteiger partial charge is 0.0294 e. The largest absolute Gasteiger partial charge is 0.308 e. The maximum atomic E-state index is 3.74. The van der Waals surface area contributed by atoms with E-state index in [1.165, 1.54) is 48.4 Å². The normalized spacial score (nSPS) is 14.2. The molecule has 0 saturated carbocycles. The number of rotatable bonds is 8. The Labute approximate surface area is 129 Å². The van der Waals surface area contributed by atoms with Gasteiger partial charge in [0, 0.05) is 12.1 Å². The number of hydrogen-bond donors (Lipinski definition) is 1. The number of unbranched alkanes of at least 4 members (excludes halogenated alkanes) is 3. The van der Waals surface area contributed by atoms with Gasteiger partial charge in [0.25, 0.3) is 0 Å². The summed E-state index contributed by atoms with van der Waals surface area (Å²) in [7, 11) is 0. The van der Waals surface area contributed by atoms with E-state index in [-0.39, 0.29) is 0 Å². The van der Waals surface area contributed by atoms with Crippen LogP contribution in [-0.2, 0) is 0 Å². The van der Waals surface area contributed by atoms with Crippen molar-refractivity contribution in [3.05, 3.63) is 48.0 Å². The molecule has 0 fully saturated rings. The Balaban J connectivity index is 1.90. The molecule has 114 valence electrons. The Morgan fingerprint density at radius 3 is 2.43 bits per heavy atom. The molecular formula is C20H29N. The fourth-order valence-corrected chi connectivity index (χ4v) is 2.96. The Hall–Kier alpha value is -1.34. The van der Waals surface area contributed by atoms with E-state index in [1.54, 1.807) is 0 Å². The lowest BCUT2D eigenvalue weighted by atomic mass is 10.0. The summed E-state index contributed by atoms with van der Waals surface area (Å²) in [6.45, 7) is 6.85. The molecule has 0 heterocycles. The SMILES string of the molecule is CCCCCCC(C)NC(C)c1ccc2ccccc2c1. The van der Waals surface area contributed by atoms with Gasteiger partial charge in [-0.3, -0.25) is 0 Å². The third kappa shape index (κ3) is 4.86. The highest BCUT2D eigenvalue weighted by Gasteiger charge is 2.09. The summed E-state index contributed by atoms with van der Waals surface area (Å²) >= 11 is 0. The molecule has 1 N–H and O–H groups in total. The van der Waals surface area contributed by atoms with Gasteiger partial charge in [-0.1, -0.05) is 69.0 Å². The van der Waals surface area contributed by atoms with Crippen molar-refractivity contribution in [2.75, 3.05) is 0 Å². The number of fused-ring (bicyclic) bond motifs is 1. The summed E-state index contributed by atoms with van der Waals surface area (Å²) < 4.78 is 0. The Morgan fingerprint density at radius 2 is 1.67 bits per heavy atom. The molecule has 21 heavy (non-hydrogen) atoms. The summed E-state index contributed by atoms with van der Waals surface area (Å²) in [5.74, 6) is 0. The predicted molar refractivity (Wildman–Crippen MR) is 93.7 cm³/mol. The van der Waals surface area contributed by atoms with Crippen LogP contribution in [0.4, 0.5) is 0 Å². The molecule has 0 aliphatic heterocycles. The maximum Gasteiger partial charge on any atom is 0.0294 e. The zero-order valence-electron chi connectivity index (χ0n) is 13.7. The quantitative estimate of drug-likeness (QED) is 0.599. The summed E-state index contributed by atoms with van der Waals surface area (Å²) in [6.07, 6.45) is 6.67. The highest BCUT2D eigenvalue weighted by molar-refractivity contribution is 5.83. The third-order valence-electron chi connectivity index (χ3n) is 4.30. The third-order valence-corrected chi connectivity index (χ3v) is 4.30. The van der Waals surface area contributed by atoms with Gasteiger partial charge in [0.05, 0.1) is 0 Å². The van der Waals surface area contributed by atoms with Crippen molar-refractivity contribution >= 4 is 10.8 Å². The van der Waals surface area contributed by atoms with E-state index in [9.17, 15) is 0 Å². The first-order valence-corrected chi connectivity index (χ1v) is 8.45. The van der Waals surface area contributed by atoms with Gasteiger partial charge in [0.2, 0.25) is 0 Å². The molecule has 0 bridgehead atoms. The fraction of sp³-hybridized carbons (Fsp3) is 0.500. The molecule has 2 unspecified atom stereocenters. The molecule has 2 atom stereocenters. The molecule has 0 amide bonds. The van der Waals surface area contributed by atoms with Gasteiger partial charge in [-0.05, 0) is 42.7 Å². The van der Waals surface area contributed by atoms with Crippen LogP contribution >= 0.6 is 0 Å². The van der Waals surface area contributed by atoms with Gasteiger partial charge in [-0.25, -0.2) is 0 Å². The molecule has 0 saturated heterocycles. The second kappa shape index (κ2) is 8.19. The van der Waals surface area contributed by atoms with Crippen LogP contribution in [0.2, 0.25) is 0 Å². The fourth-order valence-electron chi connectivity index (χ4n) is 2.96. The maximum absolute atomic E-state index is 3.74. The highest BCUT2D eigenvalue weighted by atomic mass is 14.9. The number of hydrogen-bond acceptors (Lipinski definition) is 1. The van der Waals surface area contributed by atoms with E-state index in [2.05, 4.69) is 68.6 Å². The first-order valence-electron chi connectivity index (χ1n) is 8.45. The van der Waals surface area contributed by atoms with Gasteiger partial charge in [0.15, 0.2) is 0 Å². The van der Waals surface area contributed by atoms with Gasteiger partial charge in [-0.15, -0.1) is 0 Å². The topological polar surface area (TPSA) is 12.0 Å². The second-order valence-corrected chi connectivity index (χ2v) is 6.25. The van der Waals surface area contributed by atoms with Crippen LogP contribution in [0.25, 0.3) is 10.8 Å². The Morgan fingerprint density at radius 1 is 0.905 bits per heavy atom. The lowest BCUT2D eigenvalue weighted by Gasteiger charge is -2.21. The van der Waals surface area contributed by atoms with Crippen LogP contribution in [0.3, 0.4) is 0 Å². The van der Waals surface area contributed by atoms with Crippen LogP contribution in [0, 0.1) is 0 Å². The first kappa shape index (κ1) is 16.0. The minimum absolute atomic E-state index is 0.413. The lowest BCUT2D eigenvalue weighted by molar-refractivity contribution is 0.438. The average Bonchev–Trinajstić information content (AvgIpc) is 2.51. The molecule has 0 aromatic heterocycles. The lowest BCUT2D eigenvalue weighted by Crippen LogP contribution is -2.28. The van der Waals surface area contributed by atoms with Crippen LogP contribution in [0.1, 0.15) is 64.5 Å². The van der Waals surface area contributed by atoms with Gasteiger partial charge in [-0.2, -0.15) is 0 Å². The molecule has 0 radical (unpaired) electrons. The van der Waals surface area contributed by atoms with Crippen molar-refractivity contribution in [2.45, 2.75) is 65.0 Å². The molecule has 1 heteroatoms. The predicted octanol–water partition coefficient (Wildman–Crippen LogP) is 5.85. The average molecular weight is 283 g/mol. The van der Waals surface area contributed by atoms with Gasteiger partial charge >= 0.3 is 0 Å². The zero-order valence-corrected chi connectivity index (χ0v) is 13.7. The van der Waals surface area contributed by atoms with Crippen molar-refractivity contribution in [3.8, 4) is 0 Å². The van der Waals surface area contributed by atoms with E-state index < -0.39 is 0 Å². The Kier molecular flexibility index (Phi) is 6.25. The minimum Gasteiger partial charge on any atom is -0.308 e. The van der Waals surface area contributed by atoms with E-state index in [1.807, 2.05) is 0 Å². The summed E-state index contributed by atoms with van der Waals surface area (Å²) in [5, 5.41) is 6.39. The summed E-state index contributed by atoms with van der Waals surface area (Å²) in [6, 6.07) is 16.4. The van der Waals surface area contributed by atoms with E-state index in [0.717, 1.165) is 0 Å². The number of nitrogens with one attached hydrogen (secondary N) is 1. The molecular weight excluding hydrogens is 254 g/mol. The zero-order chi connectivity index (χ0) is 15.1. The van der Waals surface area contributed by atoms with Crippen molar-refractivity contribution in [1.29, 1.82) is 0 Å².